The number of hydrogen-bond acceptors (Lipinski definition) is 6. The minimum Gasteiger partial charge on any atom is -0.495 e. The summed E-state index contributed by atoms with van der Waals surface area (Å²) in [5.41, 5.74) is 5.72. The van der Waals surface area contributed by atoms with E-state index < -0.39 is 30.3 Å². The van der Waals surface area contributed by atoms with Crippen LogP contribution in [0.3, 0.4) is 0 Å². The quantitative estimate of drug-likeness (QED) is 0.565. The molecule has 0 aromatic heterocycles. The van der Waals surface area contributed by atoms with Crippen molar-refractivity contribution in [2.75, 3.05) is 25.2 Å². The Morgan fingerprint density at radius 2 is 2.00 bits per heavy atom. The molecule has 0 bridgehead atoms. The number of nitrogens with zero attached hydrogens (tertiary/aromatic N) is 1. The number of anilines is 1. The Labute approximate surface area is 150 Å². The van der Waals surface area contributed by atoms with Gasteiger partial charge in [0.05, 0.1) is 18.7 Å². The number of nitrogens with one attached hydrogen (secondary N) is 2. The molecule has 1 aromatic carbocycles. The molecule has 1 aliphatic rings. The molecule has 1 fully saturated rings. The third-order valence-electron chi connectivity index (χ3n) is 3.81. The second-order valence-corrected chi connectivity index (χ2v) is 5.92. The molecule has 0 spiro atoms. The van der Waals surface area contributed by atoms with Gasteiger partial charge in [-0.15, -0.1) is 0 Å². The molecule has 1 saturated heterocycles. The molecule has 140 valence electrons. The molecule has 0 aliphatic carbocycles. The van der Waals surface area contributed by atoms with Gasteiger partial charge < -0.3 is 14.4 Å². The Morgan fingerprint density at radius 1 is 1.27 bits per heavy atom. The SMILES string of the molecule is COc1ccc(C)cc1N1C[C@@H](C(=O)OCC(=O)NNC(C)=O)CC1=O. The highest BCUT2D eigenvalue weighted by Gasteiger charge is 2.37. The monoisotopic (exact) mass is 363 g/mol. The molecule has 1 heterocycles. The second-order valence-electron chi connectivity index (χ2n) is 5.92. The fourth-order valence-corrected chi connectivity index (χ4v) is 2.56. The van der Waals surface area contributed by atoms with E-state index in [-0.39, 0.29) is 18.9 Å². The van der Waals surface area contributed by atoms with Gasteiger partial charge in [-0.05, 0) is 24.6 Å². The van der Waals surface area contributed by atoms with Gasteiger partial charge >= 0.3 is 5.97 Å². The normalized spacial score (nSPS) is 16.2. The van der Waals surface area contributed by atoms with E-state index in [1.54, 1.807) is 6.07 Å². The summed E-state index contributed by atoms with van der Waals surface area (Å²) in [5.74, 6) is -2.14. The highest BCUT2D eigenvalue weighted by atomic mass is 16.5. The molecule has 3 amide bonds. The van der Waals surface area contributed by atoms with E-state index in [0.29, 0.717) is 11.4 Å². The minimum atomic E-state index is -0.679. The van der Waals surface area contributed by atoms with Crippen LogP contribution in [0.5, 0.6) is 5.75 Å². The maximum Gasteiger partial charge on any atom is 0.311 e. The molecule has 26 heavy (non-hydrogen) atoms. The summed E-state index contributed by atoms with van der Waals surface area (Å²) in [6, 6.07) is 5.43. The zero-order valence-electron chi connectivity index (χ0n) is 14.8. The second kappa shape index (κ2) is 8.32. The highest BCUT2D eigenvalue weighted by molar-refractivity contribution is 6.00. The van der Waals surface area contributed by atoms with Crippen molar-refractivity contribution >= 4 is 29.4 Å². The predicted molar refractivity (Wildman–Crippen MR) is 91.1 cm³/mol. The first kappa shape index (κ1) is 19.2. The van der Waals surface area contributed by atoms with E-state index >= 15 is 0 Å². The third-order valence-corrected chi connectivity index (χ3v) is 3.81. The molecule has 9 heteroatoms. The Morgan fingerprint density at radius 3 is 2.65 bits per heavy atom. The topological polar surface area (TPSA) is 114 Å². The molecule has 1 aromatic rings. The molecule has 1 atom stereocenters. The lowest BCUT2D eigenvalue weighted by Crippen LogP contribution is -2.42. The van der Waals surface area contributed by atoms with Gasteiger partial charge in [0, 0.05) is 19.9 Å². The van der Waals surface area contributed by atoms with Crippen LogP contribution < -0.4 is 20.5 Å². The lowest BCUT2D eigenvalue weighted by molar-refractivity contribution is -0.152. The van der Waals surface area contributed by atoms with Gasteiger partial charge in [0.15, 0.2) is 6.61 Å². The maximum absolute atomic E-state index is 12.3. The number of hydrazine groups is 1. The number of esters is 1. The van der Waals surface area contributed by atoms with E-state index in [0.717, 1.165) is 5.56 Å². The summed E-state index contributed by atoms with van der Waals surface area (Å²) in [7, 11) is 1.51. The van der Waals surface area contributed by atoms with Crippen molar-refractivity contribution in [3.8, 4) is 5.75 Å². The fourth-order valence-electron chi connectivity index (χ4n) is 2.56. The number of carbonyl (C=O) groups is 4. The van der Waals surface area contributed by atoms with Gasteiger partial charge in [-0.2, -0.15) is 0 Å². The molecule has 0 radical (unpaired) electrons. The van der Waals surface area contributed by atoms with E-state index in [1.165, 1.54) is 18.9 Å². The summed E-state index contributed by atoms with van der Waals surface area (Å²) in [5, 5.41) is 0. The first-order valence-corrected chi connectivity index (χ1v) is 7.99. The van der Waals surface area contributed by atoms with Crippen molar-refractivity contribution in [2.24, 2.45) is 5.92 Å². The van der Waals surface area contributed by atoms with Crippen molar-refractivity contribution in [1.82, 2.24) is 10.9 Å². The van der Waals surface area contributed by atoms with Gasteiger partial charge in [0.25, 0.3) is 5.91 Å². The Bertz CT molecular complexity index is 733. The molecule has 1 aliphatic heterocycles. The Kier molecular flexibility index (Phi) is 6.16. The Hall–Kier alpha value is -3.10. The van der Waals surface area contributed by atoms with Gasteiger partial charge in [-0.1, -0.05) is 6.07 Å². The van der Waals surface area contributed by atoms with Gasteiger partial charge in [-0.25, -0.2) is 0 Å². The molecule has 2 N–H and O–H groups in total. The molecule has 9 nitrogen and oxygen atoms in total. The van der Waals surface area contributed by atoms with Crippen LogP contribution in [0.15, 0.2) is 18.2 Å². The van der Waals surface area contributed by atoms with Gasteiger partial charge in [-0.3, -0.25) is 30.0 Å². The lowest BCUT2D eigenvalue weighted by Gasteiger charge is -2.20. The van der Waals surface area contributed by atoms with Crippen LogP contribution in [-0.2, 0) is 23.9 Å². The number of benzene rings is 1. The van der Waals surface area contributed by atoms with Crippen LogP contribution >= 0.6 is 0 Å². The number of amides is 3. The smallest absolute Gasteiger partial charge is 0.311 e. The fraction of sp³-hybridized carbons (Fsp3) is 0.412. The van der Waals surface area contributed by atoms with Crippen LogP contribution in [0.1, 0.15) is 18.9 Å². The van der Waals surface area contributed by atoms with Crippen LogP contribution in [0.4, 0.5) is 5.69 Å². The largest absolute Gasteiger partial charge is 0.495 e. The summed E-state index contributed by atoms with van der Waals surface area (Å²) < 4.78 is 10.2. The molecular weight excluding hydrogens is 342 g/mol. The van der Waals surface area contributed by atoms with Crippen molar-refractivity contribution < 1.29 is 28.7 Å². The lowest BCUT2D eigenvalue weighted by atomic mass is 10.1. The van der Waals surface area contributed by atoms with Crippen molar-refractivity contribution in [3.63, 3.8) is 0 Å². The molecule has 0 saturated carbocycles. The van der Waals surface area contributed by atoms with E-state index in [1.807, 2.05) is 19.1 Å². The summed E-state index contributed by atoms with van der Waals surface area (Å²) >= 11 is 0. The third kappa shape index (κ3) is 4.71. The molecule has 0 unspecified atom stereocenters. The molecular formula is C17H21N3O6. The summed E-state index contributed by atoms with van der Waals surface area (Å²) in [6.45, 7) is 2.72. The number of ether oxygens (including phenoxy) is 2. The summed E-state index contributed by atoms with van der Waals surface area (Å²) in [6.07, 6.45) is -0.0107. The van der Waals surface area contributed by atoms with Crippen LogP contribution in [0.2, 0.25) is 0 Å². The molecule has 2 rings (SSSR count). The Balaban J connectivity index is 1.97. The number of rotatable bonds is 5. The van der Waals surface area contributed by atoms with Crippen molar-refractivity contribution in [2.45, 2.75) is 20.3 Å². The zero-order chi connectivity index (χ0) is 19.3. The number of hydrogen-bond donors (Lipinski definition) is 2. The predicted octanol–water partition coefficient (Wildman–Crippen LogP) is 0.0670. The van der Waals surface area contributed by atoms with Crippen LogP contribution in [-0.4, -0.2) is 44.0 Å². The minimum absolute atomic E-state index is 0.0107. The number of methoxy groups -OCH3 is 1. The first-order valence-electron chi connectivity index (χ1n) is 7.99. The number of carbonyl (C=O) groups excluding carboxylic acids is 4. The van der Waals surface area contributed by atoms with Crippen LogP contribution in [0, 0.1) is 12.8 Å². The van der Waals surface area contributed by atoms with E-state index in [2.05, 4.69) is 10.9 Å². The number of aryl methyl sites for hydroxylation is 1. The highest BCUT2D eigenvalue weighted by Crippen LogP contribution is 2.34. The van der Waals surface area contributed by atoms with Gasteiger partial charge in [0.2, 0.25) is 11.8 Å². The summed E-state index contributed by atoms with van der Waals surface area (Å²) in [4.78, 5) is 48.1. The van der Waals surface area contributed by atoms with Crippen LogP contribution in [0.25, 0.3) is 0 Å². The first-order chi connectivity index (χ1) is 12.3. The van der Waals surface area contributed by atoms with Crippen molar-refractivity contribution in [1.29, 1.82) is 0 Å². The van der Waals surface area contributed by atoms with Gasteiger partial charge in [0.1, 0.15) is 5.75 Å². The maximum atomic E-state index is 12.3. The zero-order valence-corrected chi connectivity index (χ0v) is 14.8. The van der Waals surface area contributed by atoms with Crippen molar-refractivity contribution in [3.05, 3.63) is 23.8 Å². The van der Waals surface area contributed by atoms with E-state index in [4.69, 9.17) is 9.47 Å². The average Bonchev–Trinajstić information content (AvgIpc) is 2.99. The standard InChI is InChI=1S/C17H21N3O6/c1-10-4-5-14(25-3)13(6-10)20-8-12(7-16(20)23)17(24)26-9-15(22)19-18-11(2)21/h4-6,12H,7-9H2,1-3H3,(H,18,21)(H,19,22)/t12-/m0/s1. The van der Waals surface area contributed by atoms with E-state index in [9.17, 15) is 19.2 Å². The average molecular weight is 363 g/mol.